The number of hydrogen-bond donors (Lipinski definition) is 6. The molecule has 176 valence electrons. The molecule has 0 aromatic heterocycles. The summed E-state index contributed by atoms with van der Waals surface area (Å²) in [5.74, 6) is 0.727. The van der Waals surface area contributed by atoms with Gasteiger partial charge in [-0.3, -0.25) is 0 Å². The molecule has 0 bridgehead atoms. The molecular weight excluding hydrogens is 416 g/mol. The molecule has 0 amide bonds. The number of ether oxygens (including phenoxy) is 5. The predicted octanol–water partition coefficient (Wildman–Crippen LogP) is -2.48. The normalized spacial score (nSPS) is 38.7. The Hall–Kier alpha value is -1.38. The molecule has 2 saturated heterocycles. The summed E-state index contributed by atoms with van der Waals surface area (Å²) in [5.41, 5.74) is 0.968. The van der Waals surface area contributed by atoms with Gasteiger partial charge in [0.05, 0.1) is 26.9 Å². The van der Waals surface area contributed by atoms with Gasteiger partial charge in [-0.25, -0.2) is 0 Å². The van der Waals surface area contributed by atoms with Gasteiger partial charge in [0.1, 0.15) is 48.5 Å². The van der Waals surface area contributed by atoms with Crippen LogP contribution in [0.4, 0.5) is 0 Å². The van der Waals surface area contributed by atoms with E-state index in [2.05, 4.69) is 0 Å². The van der Waals surface area contributed by atoms with E-state index in [-0.39, 0.29) is 19.8 Å². The van der Waals surface area contributed by atoms with Crippen molar-refractivity contribution >= 4 is 0 Å². The third kappa shape index (κ3) is 5.90. The molecule has 0 spiro atoms. The Morgan fingerprint density at radius 1 is 0.839 bits per heavy atom. The van der Waals surface area contributed by atoms with Crippen LogP contribution in [0.25, 0.3) is 0 Å². The summed E-state index contributed by atoms with van der Waals surface area (Å²) in [6.07, 6.45) is -11.7. The molecule has 1 aromatic rings. The lowest BCUT2D eigenvalue weighted by Gasteiger charge is -2.41. The van der Waals surface area contributed by atoms with Crippen molar-refractivity contribution in [3.8, 4) is 5.75 Å². The average Bonchev–Trinajstić information content (AvgIpc) is 2.78. The maximum atomic E-state index is 10.2. The van der Waals surface area contributed by atoms with Crippen LogP contribution in [-0.4, -0.2) is 113 Å². The van der Waals surface area contributed by atoms with Crippen LogP contribution in [0.5, 0.6) is 5.75 Å². The molecule has 2 heterocycles. The third-order valence-electron chi connectivity index (χ3n) is 5.38. The summed E-state index contributed by atoms with van der Waals surface area (Å²) in [7, 11) is 1.58. The quantitative estimate of drug-likeness (QED) is 0.250. The summed E-state index contributed by atoms with van der Waals surface area (Å²) < 4.78 is 26.7. The minimum Gasteiger partial charge on any atom is -0.497 e. The lowest BCUT2D eigenvalue weighted by molar-refractivity contribution is -0.320. The van der Waals surface area contributed by atoms with Crippen LogP contribution in [0.15, 0.2) is 24.3 Å². The summed E-state index contributed by atoms with van der Waals surface area (Å²) in [6, 6.07) is 7.37. The van der Waals surface area contributed by atoms with Gasteiger partial charge >= 0.3 is 0 Å². The van der Waals surface area contributed by atoms with Crippen LogP contribution in [-0.2, 0) is 25.4 Å². The SMILES string of the molecule is COc1ccc(CCO[C@H]2O[C@@H](CO[C@H]3OC[C@@H](O)[C@@H](O)[C@@H]3O)[C@H](O)[C@@H](O)[C@@H]2O)cc1. The average molecular weight is 446 g/mol. The first-order valence-electron chi connectivity index (χ1n) is 10.0. The summed E-state index contributed by atoms with van der Waals surface area (Å²) in [6.45, 7) is -0.387. The Labute approximate surface area is 179 Å². The van der Waals surface area contributed by atoms with E-state index >= 15 is 0 Å². The van der Waals surface area contributed by atoms with Gasteiger partial charge in [-0.15, -0.1) is 0 Å². The van der Waals surface area contributed by atoms with Crippen molar-refractivity contribution in [2.45, 2.75) is 61.7 Å². The first-order chi connectivity index (χ1) is 14.8. The van der Waals surface area contributed by atoms with E-state index in [9.17, 15) is 30.6 Å². The molecule has 2 aliphatic heterocycles. The largest absolute Gasteiger partial charge is 0.497 e. The van der Waals surface area contributed by atoms with E-state index in [4.69, 9.17) is 23.7 Å². The van der Waals surface area contributed by atoms with Crippen LogP contribution < -0.4 is 4.74 Å². The molecule has 3 rings (SSSR count). The third-order valence-corrected chi connectivity index (χ3v) is 5.38. The second kappa shape index (κ2) is 11.0. The number of aliphatic hydroxyl groups excluding tert-OH is 6. The Balaban J connectivity index is 1.51. The van der Waals surface area contributed by atoms with Crippen molar-refractivity contribution < 1.29 is 54.3 Å². The monoisotopic (exact) mass is 446 g/mol. The summed E-state index contributed by atoms with van der Waals surface area (Å²) in [4.78, 5) is 0. The highest BCUT2D eigenvalue weighted by molar-refractivity contribution is 5.27. The van der Waals surface area contributed by atoms with Gasteiger partial charge in [0.25, 0.3) is 0 Å². The number of aliphatic hydroxyl groups is 6. The predicted molar refractivity (Wildman–Crippen MR) is 103 cm³/mol. The zero-order valence-electron chi connectivity index (χ0n) is 17.1. The van der Waals surface area contributed by atoms with Gasteiger partial charge in [0, 0.05) is 0 Å². The van der Waals surface area contributed by atoms with Crippen LogP contribution in [0, 0.1) is 0 Å². The van der Waals surface area contributed by atoms with Crippen molar-refractivity contribution in [2.75, 3.05) is 26.9 Å². The van der Waals surface area contributed by atoms with Crippen molar-refractivity contribution in [3.05, 3.63) is 29.8 Å². The van der Waals surface area contributed by atoms with Crippen molar-refractivity contribution in [3.63, 3.8) is 0 Å². The van der Waals surface area contributed by atoms with E-state index in [1.165, 1.54) is 0 Å². The topological polar surface area (TPSA) is 168 Å². The van der Waals surface area contributed by atoms with E-state index in [1.54, 1.807) is 7.11 Å². The van der Waals surface area contributed by atoms with Crippen LogP contribution >= 0.6 is 0 Å². The zero-order chi connectivity index (χ0) is 22.5. The molecule has 11 heteroatoms. The Kier molecular flexibility index (Phi) is 8.58. The highest BCUT2D eigenvalue weighted by atomic mass is 16.7. The maximum absolute atomic E-state index is 10.2. The Morgan fingerprint density at radius 3 is 2.19 bits per heavy atom. The number of methoxy groups -OCH3 is 1. The van der Waals surface area contributed by atoms with Crippen LogP contribution in [0.2, 0.25) is 0 Å². The van der Waals surface area contributed by atoms with Gasteiger partial charge in [0.2, 0.25) is 0 Å². The van der Waals surface area contributed by atoms with E-state index < -0.39 is 55.3 Å². The van der Waals surface area contributed by atoms with Gasteiger partial charge in [-0.1, -0.05) is 12.1 Å². The molecule has 0 saturated carbocycles. The lowest BCUT2D eigenvalue weighted by atomic mass is 9.99. The molecule has 9 atom stereocenters. The van der Waals surface area contributed by atoms with Gasteiger partial charge in [-0.05, 0) is 24.1 Å². The van der Waals surface area contributed by atoms with Crippen molar-refractivity contribution in [1.82, 2.24) is 0 Å². The molecule has 11 nitrogen and oxygen atoms in total. The fourth-order valence-corrected chi connectivity index (χ4v) is 3.39. The van der Waals surface area contributed by atoms with E-state index in [1.807, 2.05) is 24.3 Å². The second-order valence-corrected chi connectivity index (χ2v) is 7.57. The minimum absolute atomic E-state index is 0.180. The highest BCUT2D eigenvalue weighted by Crippen LogP contribution is 2.24. The smallest absolute Gasteiger partial charge is 0.186 e. The molecule has 2 aliphatic rings. The molecule has 0 aliphatic carbocycles. The zero-order valence-corrected chi connectivity index (χ0v) is 17.1. The molecule has 0 unspecified atom stereocenters. The van der Waals surface area contributed by atoms with Crippen LogP contribution in [0.1, 0.15) is 5.56 Å². The first-order valence-corrected chi connectivity index (χ1v) is 10.0. The van der Waals surface area contributed by atoms with E-state index in [0.717, 1.165) is 11.3 Å². The van der Waals surface area contributed by atoms with E-state index in [0.29, 0.717) is 6.42 Å². The van der Waals surface area contributed by atoms with Crippen molar-refractivity contribution in [1.29, 1.82) is 0 Å². The van der Waals surface area contributed by atoms with Crippen LogP contribution in [0.3, 0.4) is 0 Å². The first kappa shape index (κ1) is 24.3. The molecule has 2 fully saturated rings. The molecule has 31 heavy (non-hydrogen) atoms. The lowest BCUT2D eigenvalue weighted by Crippen LogP contribution is -2.60. The standard InChI is InChI=1S/C20H30O11/c1-27-11-4-2-10(3-5-11)6-7-28-20-18(26)16(24)15(23)13(31-20)9-30-19-17(25)14(22)12(21)8-29-19/h2-5,12-26H,6-9H2,1H3/t12-,13+,14-,15+,16-,17+,18+,19-,20+/m1/s1. The summed E-state index contributed by atoms with van der Waals surface area (Å²) >= 11 is 0. The minimum atomic E-state index is -1.54. The Bertz CT molecular complexity index is 672. The molecule has 6 N–H and O–H groups in total. The van der Waals surface area contributed by atoms with Gasteiger partial charge in [0.15, 0.2) is 12.6 Å². The highest BCUT2D eigenvalue weighted by Gasteiger charge is 2.45. The molecular formula is C20H30O11. The number of rotatable bonds is 8. The fourth-order valence-electron chi connectivity index (χ4n) is 3.39. The maximum Gasteiger partial charge on any atom is 0.186 e. The van der Waals surface area contributed by atoms with Crippen molar-refractivity contribution in [2.24, 2.45) is 0 Å². The second-order valence-electron chi connectivity index (χ2n) is 7.57. The molecule has 1 aromatic carbocycles. The molecule has 0 radical (unpaired) electrons. The van der Waals surface area contributed by atoms with Gasteiger partial charge in [-0.2, -0.15) is 0 Å². The number of benzene rings is 1. The number of hydrogen-bond acceptors (Lipinski definition) is 11. The summed E-state index contributed by atoms with van der Waals surface area (Å²) in [5, 5.41) is 59.6. The fraction of sp³-hybridized carbons (Fsp3) is 0.700. The van der Waals surface area contributed by atoms with Gasteiger partial charge < -0.3 is 54.3 Å². The Morgan fingerprint density at radius 2 is 1.52 bits per heavy atom.